The second kappa shape index (κ2) is 4.64. The molecule has 94 valence electrons. The Morgan fingerprint density at radius 2 is 2.06 bits per heavy atom. The first-order chi connectivity index (χ1) is 8.58. The fraction of sp³-hybridized carbons (Fsp3) is 0.286. The first kappa shape index (κ1) is 12.4. The molecule has 1 heterocycles. The molecule has 4 nitrogen and oxygen atoms in total. The second-order valence-electron chi connectivity index (χ2n) is 4.37. The molecule has 0 saturated carbocycles. The molecular formula is C14H16N2O2. The summed E-state index contributed by atoms with van der Waals surface area (Å²) in [6.45, 7) is 4.01. The third-order valence-electron chi connectivity index (χ3n) is 2.96. The smallest absolute Gasteiger partial charge is 0.170 e. The number of benzene rings is 1. The van der Waals surface area contributed by atoms with Gasteiger partial charge in [0, 0.05) is 12.6 Å². The molecule has 18 heavy (non-hydrogen) atoms. The maximum absolute atomic E-state index is 11.1. The van der Waals surface area contributed by atoms with Crippen LogP contribution in [0.4, 0.5) is 0 Å². The maximum atomic E-state index is 11.1. The van der Waals surface area contributed by atoms with Gasteiger partial charge in [-0.3, -0.25) is 4.79 Å². The molecule has 0 aliphatic rings. The van der Waals surface area contributed by atoms with Gasteiger partial charge in [-0.2, -0.15) is 0 Å². The lowest BCUT2D eigenvalue weighted by molar-refractivity contribution is 0.112. The molecule has 0 unspecified atom stereocenters. The Hall–Kier alpha value is -2.10. The van der Waals surface area contributed by atoms with Gasteiger partial charge in [0.2, 0.25) is 0 Å². The van der Waals surface area contributed by atoms with Gasteiger partial charge in [-0.1, -0.05) is 6.07 Å². The molecule has 0 amide bonds. The van der Waals surface area contributed by atoms with Crippen LogP contribution in [-0.4, -0.2) is 22.9 Å². The molecule has 0 bridgehead atoms. The van der Waals surface area contributed by atoms with Crippen LogP contribution in [0, 0.1) is 13.8 Å². The van der Waals surface area contributed by atoms with Crippen LogP contribution in [0.5, 0.6) is 5.75 Å². The number of carbonyl (C=O) groups is 1. The molecular weight excluding hydrogens is 228 g/mol. The van der Waals surface area contributed by atoms with Crippen LogP contribution in [0.25, 0.3) is 11.3 Å². The largest absolute Gasteiger partial charge is 0.496 e. The van der Waals surface area contributed by atoms with Crippen molar-refractivity contribution < 1.29 is 9.53 Å². The summed E-state index contributed by atoms with van der Waals surface area (Å²) in [6.07, 6.45) is 2.41. The third-order valence-corrected chi connectivity index (χ3v) is 2.96. The number of hydrogen-bond acceptors (Lipinski definition) is 3. The molecule has 0 fully saturated rings. The number of ether oxygens (including phenoxy) is 1. The maximum Gasteiger partial charge on any atom is 0.170 e. The van der Waals surface area contributed by atoms with Gasteiger partial charge in [-0.25, -0.2) is 4.98 Å². The van der Waals surface area contributed by atoms with E-state index in [4.69, 9.17) is 4.74 Å². The van der Waals surface area contributed by atoms with Crippen LogP contribution in [0.15, 0.2) is 18.5 Å². The van der Waals surface area contributed by atoms with Gasteiger partial charge in [0.1, 0.15) is 11.4 Å². The van der Waals surface area contributed by atoms with Gasteiger partial charge in [0.15, 0.2) is 6.29 Å². The van der Waals surface area contributed by atoms with E-state index in [2.05, 4.69) is 11.1 Å². The molecule has 0 aliphatic heterocycles. The van der Waals surface area contributed by atoms with Crippen LogP contribution in [0.2, 0.25) is 0 Å². The zero-order valence-electron chi connectivity index (χ0n) is 11.0. The molecule has 0 N–H and O–H groups in total. The summed E-state index contributed by atoms with van der Waals surface area (Å²) >= 11 is 0. The number of hydrogen-bond donors (Lipinski definition) is 0. The predicted molar refractivity (Wildman–Crippen MR) is 70.1 cm³/mol. The zero-order chi connectivity index (χ0) is 13.3. The molecule has 4 heteroatoms. The van der Waals surface area contributed by atoms with Gasteiger partial charge in [-0.05, 0) is 31.0 Å². The monoisotopic (exact) mass is 244 g/mol. The molecule has 0 radical (unpaired) electrons. The summed E-state index contributed by atoms with van der Waals surface area (Å²) in [6, 6.07) is 4.06. The summed E-state index contributed by atoms with van der Waals surface area (Å²) in [5, 5.41) is 0. The van der Waals surface area contributed by atoms with Gasteiger partial charge in [-0.15, -0.1) is 0 Å². The molecule has 0 atom stereocenters. The van der Waals surface area contributed by atoms with E-state index in [-0.39, 0.29) is 0 Å². The fourth-order valence-corrected chi connectivity index (χ4v) is 2.26. The second-order valence-corrected chi connectivity index (χ2v) is 4.37. The molecule has 0 aliphatic carbocycles. The molecule has 1 aromatic carbocycles. The van der Waals surface area contributed by atoms with Crippen molar-refractivity contribution in [3.63, 3.8) is 0 Å². The number of methoxy groups -OCH3 is 1. The van der Waals surface area contributed by atoms with Gasteiger partial charge in [0.25, 0.3) is 0 Å². The zero-order valence-corrected chi connectivity index (χ0v) is 11.0. The highest BCUT2D eigenvalue weighted by molar-refractivity contribution is 5.86. The van der Waals surface area contributed by atoms with Gasteiger partial charge >= 0.3 is 0 Å². The van der Waals surface area contributed by atoms with Crippen molar-refractivity contribution in [2.24, 2.45) is 7.05 Å². The SMILES string of the molecule is COc1c(C)cc(C)cc1-c1c(C=O)ncn1C. The standard InChI is InChI=1S/C14H16N2O2/c1-9-5-10(2)14(18-4)11(6-9)13-12(7-17)15-8-16(13)3/h5-8H,1-4H3. The van der Waals surface area contributed by atoms with Crippen LogP contribution >= 0.6 is 0 Å². The highest BCUT2D eigenvalue weighted by atomic mass is 16.5. The number of rotatable bonds is 3. The van der Waals surface area contributed by atoms with E-state index in [1.54, 1.807) is 13.4 Å². The first-order valence-corrected chi connectivity index (χ1v) is 5.70. The number of aryl methyl sites for hydroxylation is 3. The van der Waals surface area contributed by atoms with Crippen LogP contribution in [0.3, 0.4) is 0 Å². The van der Waals surface area contributed by atoms with E-state index in [1.807, 2.05) is 31.5 Å². The fourth-order valence-electron chi connectivity index (χ4n) is 2.26. The Kier molecular flexibility index (Phi) is 3.19. The highest BCUT2D eigenvalue weighted by Gasteiger charge is 2.17. The van der Waals surface area contributed by atoms with Crippen molar-refractivity contribution in [1.29, 1.82) is 0 Å². The number of aromatic nitrogens is 2. The average molecular weight is 244 g/mol. The lowest BCUT2D eigenvalue weighted by Crippen LogP contribution is -1.98. The molecule has 2 aromatic rings. The summed E-state index contributed by atoms with van der Waals surface area (Å²) in [4.78, 5) is 15.2. The molecule has 1 aromatic heterocycles. The minimum absolute atomic E-state index is 0.431. The number of nitrogens with zero attached hydrogens (tertiary/aromatic N) is 2. The quantitative estimate of drug-likeness (QED) is 0.779. The van der Waals surface area contributed by atoms with Gasteiger partial charge < -0.3 is 9.30 Å². The van der Waals surface area contributed by atoms with Crippen LogP contribution in [-0.2, 0) is 7.05 Å². The lowest BCUT2D eigenvalue weighted by Gasteiger charge is -2.13. The summed E-state index contributed by atoms with van der Waals surface area (Å²) in [5.41, 5.74) is 4.29. The molecule has 2 rings (SSSR count). The normalized spacial score (nSPS) is 10.4. The van der Waals surface area contributed by atoms with Gasteiger partial charge in [0.05, 0.1) is 19.1 Å². The predicted octanol–water partition coefficient (Wildman–Crippen LogP) is 2.53. The minimum atomic E-state index is 0.431. The van der Waals surface area contributed by atoms with Crippen molar-refractivity contribution >= 4 is 6.29 Å². The lowest BCUT2D eigenvalue weighted by atomic mass is 10.0. The highest BCUT2D eigenvalue weighted by Crippen LogP contribution is 2.35. The number of carbonyl (C=O) groups excluding carboxylic acids is 1. The molecule has 0 saturated heterocycles. The molecule has 0 spiro atoms. The van der Waals surface area contributed by atoms with Crippen LogP contribution < -0.4 is 4.74 Å². The third kappa shape index (κ3) is 1.90. The van der Waals surface area contributed by atoms with E-state index in [9.17, 15) is 4.79 Å². The van der Waals surface area contributed by atoms with Crippen molar-refractivity contribution in [1.82, 2.24) is 9.55 Å². The van der Waals surface area contributed by atoms with Crippen molar-refractivity contribution in [2.75, 3.05) is 7.11 Å². The van der Waals surface area contributed by atoms with Crippen molar-refractivity contribution in [3.8, 4) is 17.0 Å². The summed E-state index contributed by atoms with van der Waals surface area (Å²) < 4.78 is 7.29. The Morgan fingerprint density at radius 3 is 2.67 bits per heavy atom. The minimum Gasteiger partial charge on any atom is -0.496 e. The van der Waals surface area contributed by atoms with Crippen molar-refractivity contribution in [2.45, 2.75) is 13.8 Å². The van der Waals surface area contributed by atoms with E-state index in [0.717, 1.165) is 34.4 Å². The Labute approximate surface area is 106 Å². The van der Waals surface area contributed by atoms with E-state index >= 15 is 0 Å². The van der Waals surface area contributed by atoms with E-state index in [1.165, 1.54) is 0 Å². The van der Waals surface area contributed by atoms with E-state index in [0.29, 0.717) is 5.69 Å². The Balaban J connectivity index is 2.77. The number of imidazole rings is 1. The van der Waals surface area contributed by atoms with E-state index < -0.39 is 0 Å². The average Bonchev–Trinajstić information content (AvgIpc) is 2.69. The number of aldehydes is 1. The van der Waals surface area contributed by atoms with Crippen LogP contribution in [0.1, 0.15) is 21.6 Å². The first-order valence-electron chi connectivity index (χ1n) is 5.70. The Morgan fingerprint density at radius 1 is 1.33 bits per heavy atom. The van der Waals surface area contributed by atoms with Crippen molar-refractivity contribution in [3.05, 3.63) is 35.3 Å². The summed E-state index contributed by atoms with van der Waals surface area (Å²) in [5.74, 6) is 0.785. The summed E-state index contributed by atoms with van der Waals surface area (Å²) in [7, 11) is 3.50. The Bertz CT molecular complexity index is 600. The topological polar surface area (TPSA) is 44.1 Å².